The summed E-state index contributed by atoms with van der Waals surface area (Å²) in [6.45, 7) is 5.83. The van der Waals surface area contributed by atoms with Crippen LogP contribution in [-0.2, 0) is 4.74 Å². The van der Waals surface area contributed by atoms with Crippen molar-refractivity contribution in [2.24, 2.45) is 11.8 Å². The number of hydrogen-bond acceptors (Lipinski definition) is 3. The molecule has 2 aliphatic rings. The fourth-order valence-corrected chi connectivity index (χ4v) is 3.53. The van der Waals surface area contributed by atoms with Gasteiger partial charge in [-0.3, -0.25) is 0 Å². The van der Waals surface area contributed by atoms with Crippen LogP contribution in [0.1, 0.15) is 12.0 Å². The van der Waals surface area contributed by atoms with Crippen LogP contribution in [0.25, 0.3) is 0 Å². The van der Waals surface area contributed by atoms with Gasteiger partial charge in [0, 0.05) is 31.9 Å². The topological polar surface area (TPSA) is 32.8 Å². The van der Waals surface area contributed by atoms with Gasteiger partial charge in [-0.25, -0.2) is 4.79 Å². The maximum Gasteiger partial charge on any atom is 0.409 e. The third-order valence-corrected chi connectivity index (χ3v) is 4.41. The molecule has 0 N–H and O–H groups in total. The number of nitrogens with zero attached hydrogens (tertiary/aromatic N) is 2. The predicted octanol–water partition coefficient (Wildman–Crippen LogP) is 2.52. The van der Waals surface area contributed by atoms with E-state index in [0.717, 1.165) is 26.2 Å². The van der Waals surface area contributed by atoms with E-state index in [2.05, 4.69) is 36.1 Å². The van der Waals surface area contributed by atoms with E-state index >= 15 is 0 Å². The van der Waals surface area contributed by atoms with Gasteiger partial charge in [-0.1, -0.05) is 17.7 Å². The average Bonchev–Trinajstić information content (AvgIpc) is 2.46. The molecule has 2 saturated heterocycles. The summed E-state index contributed by atoms with van der Waals surface area (Å²) in [5, 5.41) is 0. The molecular formula is C16H22N2O2. The van der Waals surface area contributed by atoms with E-state index in [1.807, 2.05) is 4.90 Å². The fourth-order valence-electron chi connectivity index (χ4n) is 3.53. The number of amides is 1. The molecule has 0 spiro atoms. The molecule has 20 heavy (non-hydrogen) atoms. The van der Waals surface area contributed by atoms with Crippen molar-refractivity contribution >= 4 is 11.8 Å². The van der Waals surface area contributed by atoms with Crippen LogP contribution in [0, 0.1) is 18.8 Å². The van der Waals surface area contributed by atoms with Crippen molar-refractivity contribution in [3.63, 3.8) is 0 Å². The van der Waals surface area contributed by atoms with Crippen LogP contribution in [0.4, 0.5) is 10.5 Å². The minimum Gasteiger partial charge on any atom is -0.453 e. The number of fused-ring (bicyclic) bond motifs is 2. The maximum atomic E-state index is 11.7. The van der Waals surface area contributed by atoms with Gasteiger partial charge in [-0.2, -0.15) is 0 Å². The number of likely N-dealkylation sites (tertiary alicyclic amines) is 1. The molecule has 3 rings (SSSR count). The third kappa shape index (κ3) is 2.60. The first-order chi connectivity index (χ1) is 9.65. The Morgan fingerprint density at radius 1 is 1.10 bits per heavy atom. The van der Waals surface area contributed by atoms with Gasteiger partial charge in [0.2, 0.25) is 0 Å². The van der Waals surface area contributed by atoms with Crippen molar-refractivity contribution in [3.05, 3.63) is 29.8 Å². The van der Waals surface area contributed by atoms with E-state index in [0.29, 0.717) is 11.8 Å². The summed E-state index contributed by atoms with van der Waals surface area (Å²) in [6, 6.07) is 8.74. The van der Waals surface area contributed by atoms with Gasteiger partial charge in [0.1, 0.15) is 0 Å². The third-order valence-electron chi connectivity index (χ3n) is 4.41. The Labute approximate surface area is 120 Å². The summed E-state index contributed by atoms with van der Waals surface area (Å²) in [6.07, 6.45) is 1.05. The number of benzene rings is 1. The molecule has 2 atom stereocenters. The van der Waals surface area contributed by atoms with Crippen LogP contribution in [0.5, 0.6) is 0 Å². The summed E-state index contributed by atoms with van der Waals surface area (Å²) in [7, 11) is 1.46. The van der Waals surface area contributed by atoms with Crippen molar-refractivity contribution in [2.75, 3.05) is 38.2 Å². The predicted molar refractivity (Wildman–Crippen MR) is 79.0 cm³/mol. The molecule has 4 nitrogen and oxygen atoms in total. The molecule has 0 aromatic heterocycles. The van der Waals surface area contributed by atoms with Gasteiger partial charge < -0.3 is 14.5 Å². The summed E-state index contributed by atoms with van der Waals surface area (Å²) < 4.78 is 4.85. The van der Waals surface area contributed by atoms with Crippen LogP contribution >= 0.6 is 0 Å². The largest absolute Gasteiger partial charge is 0.453 e. The van der Waals surface area contributed by atoms with Crippen LogP contribution in [0.3, 0.4) is 0 Å². The smallest absolute Gasteiger partial charge is 0.409 e. The van der Waals surface area contributed by atoms with Gasteiger partial charge in [-0.05, 0) is 37.3 Å². The lowest BCUT2D eigenvalue weighted by Gasteiger charge is -2.46. The molecule has 1 aromatic rings. The Bertz CT molecular complexity index is 472. The van der Waals surface area contributed by atoms with Crippen molar-refractivity contribution < 1.29 is 9.53 Å². The van der Waals surface area contributed by atoms with Crippen molar-refractivity contribution in [1.82, 2.24) is 4.90 Å². The maximum absolute atomic E-state index is 11.7. The second-order valence-electron chi connectivity index (χ2n) is 6.08. The lowest BCUT2D eigenvalue weighted by Crippen LogP contribution is -2.54. The van der Waals surface area contributed by atoms with E-state index in [4.69, 9.17) is 4.74 Å². The van der Waals surface area contributed by atoms with Gasteiger partial charge in [0.25, 0.3) is 0 Å². The molecule has 2 aliphatic heterocycles. The second kappa shape index (κ2) is 5.35. The van der Waals surface area contributed by atoms with E-state index in [9.17, 15) is 4.79 Å². The second-order valence-corrected chi connectivity index (χ2v) is 6.08. The normalized spacial score (nSPS) is 25.5. The summed E-state index contributed by atoms with van der Waals surface area (Å²) in [5.41, 5.74) is 2.60. The Balaban J connectivity index is 1.70. The Kier molecular flexibility index (Phi) is 3.55. The summed E-state index contributed by atoms with van der Waals surface area (Å²) >= 11 is 0. The Morgan fingerprint density at radius 3 is 2.25 bits per heavy atom. The zero-order chi connectivity index (χ0) is 14.1. The highest BCUT2D eigenvalue weighted by atomic mass is 16.5. The van der Waals surface area contributed by atoms with Crippen molar-refractivity contribution in [3.8, 4) is 0 Å². The van der Waals surface area contributed by atoms with Crippen LogP contribution in [0.15, 0.2) is 24.3 Å². The molecule has 2 heterocycles. The molecule has 4 heteroatoms. The number of carbonyl (C=O) groups excluding carboxylic acids is 1. The lowest BCUT2D eigenvalue weighted by molar-refractivity contribution is 0.0770. The lowest BCUT2D eigenvalue weighted by atomic mass is 9.84. The average molecular weight is 274 g/mol. The van der Waals surface area contributed by atoms with Crippen molar-refractivity contribution in [1.29, 1.82) is 0 Å². The molecular weight excluding hydrogens is 252 g/mol. The Morgan fingerprint density at radius 2 is 1.70 bits per heavy atom. The highest BCUT2D eigenvalue weighted by Crippen LogP contribution is 2.31. The number of hydrogen-bond donors (Lipinski definition) is 0. The van der Waals surface area contributed by atoms with Crippen LogP contribution in [0.2, 0.25) is 0 Å². The molecule has 2 unspecified atom stereocenters. The molecule has 1 aromatic carbocycles. The van der Waals surface area contributed by atoms with Gasteiger partial charge in [0.05, 0.1) is 7.11 Å². The first-order valence-corrected chi connectivity index (χ1v) is 7.30. The molecule has 1 amide bonds. The number of ether oxygens (including phenoxy) is 1. The molecule has 0 aliphatic carbocycles. The molecule has 2 bridgehead atoms. The molecule has 108 valence electrons. The summed E-state index contributed by atoms with van der Waals surface area (Å²) in [4.78, 5) is 16.0. The number of anilines is 1. The highest BCUT2D eigenvalue weighted by Gasteiger charge is 2.36. The molecule has 0 saturated carbocycles. The standard InChI is InChI=1S/C16H22N2O2/c1-12-3-5-15(6-4-12)17-8-13-7-14(9-17)11-18(10-13)16(19)20-2/h3-6,13-14H,7-11H2,1-2H3. The first-order valence-electron chi connectivity index (χ1n) is 7.30. The minimum atomic E-state index is -0.177. The van der Waals surface area contributed by atoms with E-state index in [1.165, 1.54) is 24.8 Å². The fraction of sp³-hybridized carbons (Fsp3) is 0.562. The van der Waals surface area contributed by atoms with Gasteiger partial charge in [-0.15, -0.1) is 0 Å². The quantitative estimate of drug-likeness (QED) is 0.789. The zero-order valence-electron chi connectivity index (χ0n) is 12.2. The SMILES string of the molecule is COC(=O)N1CC2CC(C1)CN(c1ccc(C)cc1)C2. The number of methoxy groups -OCH3 is 1. The van der Waals surface area contributed by atoms with Crippen molar-refractivity contribution in [2.45, 2.75) is 13.3 Å². The van der Waals surface area contributed by atoms with E-state index in [1.54, 1.807) is 0 Å². The van der Waals surface area contributed by atoms with Crippen LogP contribution < -0.4 is 4.90 Å². The number of carbonyl (C=O) groups is 1. The van der Waals surface area contributed by atoms with Gasteiger partial charge >= 0.3 is 6.09 Å². The van der Waals surface area contributed by atoms with E-state index in [-0.39, 0.29) is 6.09 Å². The number of aryl methyl sites for hydroxylation is 1. The Hall–Kier alpha value is -1.71. The van der Waals surface area contributed by atoms with E-state index < -0.39 is 0 Å². The zero-order valence-corrected chi connectivity index (χ0v) is 12.2. The van der Waals surface area contributed by atoms with Crippen LogP contribution in [-0.4, -0.2) is 44.3 Å². The monoisotopic (exact) mass is 274 g/mol. The highest BCUT2D eigenvalue weighted by molar-refractivity contribution is 5.67. The number of piperidine rings is 2. The number of rotatable bonds is 1. The van der Waals surface area contributed by atoms with Gasteiger partial charge in [0.15, 0.2) is 0 Å². The summed E-state index contributed by atoms with van der Waals surface area (Å²) in [5.74, 6) is 1.12. The first kappa shape index (κ1) is 13.3. The molecule has 0 radical (unpaired) electrons. The molecule has 2 fully saturated rings. The minimum absolute atomic E-state index is 0.177.